The first-order valence-electron chi connectivity index (χ1n) is 10.8. The van der Waals surface area contributed by atoms with Crippen LogP contribution in [0.25, 0.3) is 0 Å². The number of ether oxygens (including phenoxy) is 2. The second-order valence-corrected chi connectivity index (χ2v) is 7.27. The molecule has 0 saturated heterocycles. The molecule has 4 heteroatoms. The first-order valence-corrected chi connectivity index (χ1v) is 10.8. The van der Waals surface area contributed by atoms with E-state index in [1.807, 2.05) is 0 Å². The van der Waals surface area contributed by atoms with Crippen LogP contribution in [-0.2, 0) is 5.11 Å². The molecule has 1 aromatic rings. The molecule has 1 radical (unpaired) electrons. The van der Waals surface area contributed by atoms with Gasteiger partial charge in [0.15, 0.2) is 0 Å². The summed E-state index contributed by atoms with van der Waals surface area (Å²) in [5, 5.41) is 10.3. The Morgan fingerprint density at radius 2 is 1.07 bits per heavy atom. The Kier molecular flexibility index (Phi) is 14.2. The monoisotopic (exact) mass is 377 g/mol. The number of unbranched alkanes of at least 4 members (excludes halogenated alkanes) is 13. The van der Waals surface area contributed by atoms with Crippen molar-refractivity contribution in [3.63, 3.8) is 0 Å². The molecule has 0 aliphatic rings. The third-order valence-electron chi connectivity index (χ3n) is 4.79. The van der Waals surface area contributed by atoms with E-state index in [2.05, 4.69) is 11.7 Å². The van der Waals surface area contributed by atoms with Crippen molar-refractivity contribution in [3.8, 4) is 11.5 Å². The van der Waals surface area contributed by atoms with Gasteiger partial charge in [-0.25, -0.2) is 0 Å². The Hall–Kier alpha value is -1.71. The molecule has 0 aliphatic heterocycles. The molecule has 1 rings (SSSR count). The summed E-state index contributed by atoms with van der Waals surface area (Å²) in [7, 11) is 0. The maximum Gasteiger partial charge on any atom is 0.555 e. The average Bonchev–Trinajstić information content (AvgIpc) is 2.66. The van der Waals surface area contributed by atoms with Gasteiger partial charge in [0, 0.05) is 0 Å². The lowest BCUT2D eigenvalue weighted by atomic mass is 10.0. The molecule has 0 fully saturated rings. The van der Waals surface area contributed by atoms with Gasteiger partial charge in [-0.15, -0.1) is 0 Å². The Morgan fingerprint density at radius 3 is 1.52 bits per heavy atom. The fraction of sp³-hybridized carbons (Fsp3) is 0.696. The van der Waals surface area contributed by atoms with Gasteiger partial charge in [0.05, 0.1) is 6.61 Å². The van der Waals surface area contributed by atoms with E-state index < -0.39 is 6.16 Å². The van der Waals surface area contributed by atoms with Crippen molar-refractivity contribution in [1.29, 1.82) is 0 Å². The van der Waals surface area contributed by atoms with Crippen molar-refractivity contribution in [2.24, 2.45) is 0 Å². The van der Waals surface area contributed by atoms with Gasteiger partial charge in [0.1, 0.15) is 11.5 Å². The van der Waals surface area contributed by atoms with Crippen LogP contribution in [0.2, 0.25) is 0 Å². The number of carbonyl (C=O) groups excluding carboxylic acids is 1. The minimum atomic E-state index is -1.55. The molecule has 0 aliphatic carbocycles. The van der Waals surface area contributed by atoms with Crippen molar-refractivity contribution in [2.45, 2.75) is 96.8 Å². The highest BCUT2D eigenvalue weighted by atomic mass is 16.7. The van der Waals surface area contributed by atoms with Crippen molar-refractivity contribution in [1.82, 2.24) is 0 Å². The van der Waals surface area contributed by atoms with Crippen LogP contribution in [0.1, 0.15) is 96.8 Å². The van der Waals surface area contributed by atoms with Gasteiger partial charge < -0.3 is 9.47 Å². The fourth-order valence-corrected chi connectivity index (χ4v) is 3.19. The maximum absolute atomic E-state index is 10.3. The van der Waals surface area contributed by atoms with Gasteiger partial charge in [-0.1, -0.05) is 90.4 Å². The second kappa shape index (κ2) is 16.5. The normalized spacial score (nSPS) is 10.7. The van der Waals surface area contributed by atoms with Crippen LogP contribution in [0.3, 0.4) is 0 Å². The number of rotatable bonds is 17. The van der Waals surface area contributed by atoms with Gasteiger partial charge in [-0.3, -0.25) is 0 Å². The van der Waals surface area contributed by atoms with Crippen LogP contribution in [-0.4, -0.2) is 12.8 Å². The summed E-state index contributed by atoms with van der Waals surface area (Å²) in [6.45, 7) is 2.96. The zero-order valence-corrected chi connectivity index (χ0v) is 17.0. The Bertz CT molecular complexity index is 470. The van der Waals surface area contributed by atoms with E-state index in [-0.39, 0.29) is 5.75 Å². The first-order chi connectivity index (χ1) is 13.2. The lowest BCUT2D eigenvalue weighted by Crippen LogP contribution is -2.01. The second-order valence-electron chi connectivity index (χ2n) is 7.27. The number of hydrogen-bond acceptors (Lipinski definition) is 3. The van der Waals surface area contributed by atoms with Gasteiger partial charge in [0.2, 0.25) is 0 Å². The summed E-state index contributed by atoms with van der Waals surface area (Å²) in [5.41, 5.74) is 0. The van der Waals surface area contributed by atoms with Crippen LogP contribution in [0.15, 0.2) is 24.3 Å². The molecule has 153 valence electrons. The van der Waals surface area contributed by atoms with Crippen LogP contribution in [0.5, 0.6) is 11.5 Å². The van der Waals surface area contributed by atoms with Crippen molar-refractivity contribution in [2.75, 3.05) is 6.61 Å². The zero-order valence-electron chi connectivity index (χ0n) is 17.0. The van der Waals surface area contributed by atoms with E-state index in [1.165, 1.54) is 83.5 Å². The molecular formula is C23H37O4. The number of hydrogen-bond donors (Lipinski definition) is 0. The van der Waals surface area contributed by atoms with Crippen LogP contribution >= 0.6 is 0 Å². The molecule has 0 atom stereocenters. The smallest absolute Gasteiger partial charge is 0.494 e. The van der Waals surface area contributed by atoms with Crippen LogP contribution in [0, 0.1) is 0 Å². The van der Waals surface area contributed by atoms with E-state index in [1.54, 1.807) is 24.3 Å². The molecule has 0 unspecified atom stereocenters. The Balaban J connectivity index is 1.84. The highest BCUT2D eigenvalue weighted by Gasteiger charge is 2.02. The molecule has 27 heavy (non-hydrogen) atoms. The van der Waals surface area contributed by atoms with Gasteiger partial charge in [-0.2, -0.15) is 9.90 Å². The predicted octanol–water partition coefficient (Wildman–Crippen LogP) is 7.48. The first kappa shape index (κ1) is 23.3. The SMILES string of the molecule is CCCCCCCCCCCCCCCCOc1ccc(OC([O])=O)cc1. The number of carbonyl (C=O) groups is 1. The summed E-state index contributed by atoms with van der Waals surface area (Å²) in [6, 6.07) is 6.55. The van der Waals surface area contributed by atoms with E-state index in [9.17, 15) is 9.90 Å². The minimum Gasteiger partial charge on any atom is -0.494 e. The van der Waals surface area contributed by atoms with E-state index in [0.29, 0.717) is 6.61 Å². The van der Waals surface area contributed by atoms with Gasteiger partial charge in [0.25, 0.3) is 0 Å². The third kappa shape index (κ3) is 14.1. The average molecular weight is 378 g/mol. The summed E-state index contributed by atoms with van der Waals surface area (Å²) in [4.78, 5) is 10.3. The highest BCUT2D eigenvalue weighted by Crippen LogP contribution is 2.18. The van der Waals surface area contributed by atoms with E-state index in [0.717, 1.165) is 12.2 Å². The topological polar surface area (TPSA) is 55.4 Å². The predicted molar refractivity (Wildman–Crippen MR) is 109 cm³/mol. The maximum atomic E-state index is 10.3. The molecule has 0 N–H and O–H groups in total. The lowest BCUT2D eigenvalue weighted by molar-refractivity contribution is 0.117. The summed E-state index contributed by atoms with van der Waals surface area (Å²) >= 11 is 0. The standard InChI is InChI=1S/C23H37O4/c1-2-3-4-5-6-7-8-9-10-11-12-13-14-15-20-26-21-16-18-22(19-17-21)27-23(24)25/h16-19H,2-15,20H2,1H3. The molecule has 0 heterocycles. The van der Waals surface area contributed by atoms with Crippen molar-refractivity contribution < 1.29 is 19.4 Å². The number of benzene rings is 1. The van der Waals surface area contributed by atoms with Crippen LogP contribution < -0.4 is 9.47 Å². The molecule has 0 aromatic heterocycles. The quantitative estimate of drug-likeness (QED) is 0.161. The molecule has 0 bridgehead atoms. The Morgan fingerprint density at radius 1 is 0.667 bits per heavy atom. The Labute approximate surface area is 165 Å². The van der Waals surface area contributed by atoms with Crippen molar-refractivity contribution in [3.05, 3.63) is 24.3 Å². The van der Waals surface area contributed by atoms with E-state index in [4.69, 9.17) is 4.74 Å². The van der Waals surface area contributed by atoms with Crippen LogP contribution in [0.4, 0.5) is 4.79 Å². The molecule has 0 saturated carbocycles. The van der Waals surface area contributed by atoms with E-state index >= 15 is 0 Å². The zero-order chi connectivity index (χ0) is 19.6. The third-order valence-corrected chi connectivity index (χ3v) is 4.79. The highest BCUT2D eigenvalue weighted by molar-refractivity contribution is 5.60. The summed E-state index contributed by atoms with van der Waals surface area (Å²) in [5.74, 6) is 0.981. The molecule has 0 amide bonds. The fourth-order valence-electron chi connectivity index (χ4n) is 3.19. The largest absolute Gasteiger partial charge is 0.555 e. The lowest BCUT2D eigenvalue weighted by Gasteiger charge is -2.07. The summed E-state index contributed by atoms with van der Waals surface area (Å²) < 4.78 is 10.1. The van der Waals surface area contributed by atoms with Crippen molar-refractivity contribution >= 4 is 6.16 Å². The molecule has 4 nitrogen and oxygen atoms in total. The summed E-state index contributed by atoms with van der Waals surface area (Å²) in [6.07, 6.45) is 17.3. The minimum absolute atomic E-state index is 0.249. The molecular weight excluding hydrogens is 340 g/mol. The van der Waals surface area contributed by atoms with Gasteiger partial charge >= 0.3 is 6.16 Å². The molecule has 0 spiro atoms. The molecule has 1 aromatic carbocycles. The van der Waals surface area contributed by atoms with Gasteiger partial charge in [-0.05, 0) is 30.7 Å².